The zero-order valence-electron chi connectivity index (χ0n) is 20.8. The smallest absolute Gasteiger partial charge is 0.344 e. The minimum Gasteiger partial charge on any atom is -0.507 e. The molecule has 7 heteroatoms. The third-order valence-corrected chi connectivity index (χ3v) is 6.96. The van der Waals surface area contributed by atoms with Gasteiger partial charge in [-0.1, -0.05) is 24.3 Å². The van der Waals surface area contributed by atoms with Crippen molar-refractivity contribution < 1.29 is 19.0 Å². The molecule has 0 unspecified atom stereocenters. The first kappa shape index (κ1) is 23.8. The molecule has 0 atom stereocenters. The number of hydrogen-bond donors (Lipinski definition) is 1. The quantitative estimate of drug-likeness (QED) is 0.392. The van der Waals surface area contributed by atoms with E-state index in [1.807, 2.05) is 25.1 Å². The minimum absolute atomic E-state index is 0.134. The highest BCUT2D eigenvalue weighted by atomic mass is 16.5. The molecule has 1 aromatic heterocycles. The Morgan fingerprint density at radius 1 is 0.917 bits per heavy atom. The highest BCUT2D eigenvalue weighted by Crippen LogP contribution is 2.36. The van der Waals surface area contributed by atoms with E-state index in [2.05, 4.69) is 34.1 Å². The van der Waals surface area contributed by atoms with Gasteiger partial charge in [0.15, 0.2) is 11.5 Å². The largest absolute Gasteiger partial charge is 0.507 e. The van der Waals surface area contributed by atoms with Gasteiger partial charge in [0.25, 0.3) is 0 Å². The van der Waals surface area contributed by atoms with Crippen LogP contribution in [0.3, 0.4) is 0 Å². The third-order valence-electron chi connectivity index (χ3n) is 6.96. The number of rotatable bonds is 6. The van der Waals surface area contributed by atoms with E-state index in [1.54, 1.807) is 32.4 Å². The van der Waals surface area contributed by atoms with Crippen molar-refractivity contribution in [3.8, 4) is 28.4 Å². The fourth-order valence-corrected chi connectivity index (χ4v) is 4.97. The molecule has 1 fully saturated rings. The Bertz CT molecular complexity index is 1440. The maximum atomic E-state index is 13.2. The Hall–Kier alpha value is -3.97. The Morgan fingerprint density at radius 2 is 1.64 bits per heavy atom. The van der Waals surface area contributed by atoms with Crippen LogP contribution in [0.1, 0.15) is 11.1 Å². The molecule has 5 rings (SSSR count). The molecule has 0 aliphatic carbocycles. The van der Waals surface area contributed by atoms with Crippen LogP contribution < -0.4 is 20.0 Å². The molecule has 0 radical (unpaired) electrons. The van der Waals surface area contributed by atoms with Gasteiger partial charge in [0.05, 0.1) is 25.3 Å². The summed E-state index contributed by atoms with van der Waals surface area (Å²) in [5.74, 6) is 1.26. The Morgan fingerprint density at radius 3 is 2.33 bits per heavy atom. The van der Waals surface area contributed by atoms with Crippen molar-refractivity contribution in [2.24, 2.45) is 0 Å². The van der Waals surface area contributed by atoms with Gasteiger partial charge >= 0.3 is 5.63 Å². The number of aromatic hydroxyl groups is 1. The van der Waals surface area contributed by atoms with Crippen LogP contribution in [0.4, 0.5) is 5.69 Å². The molecule has 36 heavy (non-hydrogen) atoms. The lowest BCUT2D eigenvalue weighted by Gasteiger charge is -2.36. The summed E-state index contributed by atoms with van der Waals surface area (Å²) in [6.07, 6.45) is 0. The van der Waals surface area contributed by atoms with Crippen molar-refractivity contribution >= 4 is 16.7 Å². The van der Waals surface area contributed by atoms with Crippen molar-refractivity contribution in [1.82, 2.24) is 4.90 Å². The van der Waals surface area contributed by atoms with Gasteiger partial charge in [-0.2, -0.15) is 0 Å². The molecular formula is C29H30N2O5. The number of nitrogens with zero attached hydrogens (tertiary/aromatic N) is 2. The zero-order valence-corrected chi connectivity index (χ0v) is 20.8. The van der Waals surface area contributed by atoms with Gasteiger partial charge in [-0.3, -0.25) is 4.90 Å². The summed E-state index contributed by atoms with van der Waals surface area (Å²) in [6, 6.07) is 19.2. The fraction of sp³-hybridized carbons (Fsp3) is 0.276. The van der Waals surface area contributed by atoms with E-state index >= 15 is 0 Å². The Kier molecular flexibility index (Phi) is 6.57. The second-order valence-electron chi connectivity index (χ2n) is 9.00. The standard InChI is InChI=1S/C29H30N2O5/c1-19-22-10-11-24(32)23(18-30-13-15-31(16-14-30)21-7-5-4-6-8-21)28(22)36-29(33)27(19)20-9-12-25(34-2)26(17-20)35-3/h4-12,17,32H,13-16,18H2,1-3H3. The number of phenolic OH excluding ortho intramolecular Hbond substituents is 1. The van der Waals surface area contributed by atoms with E-state index < -0.39 is 5.63 Å². The van der Waals surface area contributed by atoms with Crippen molar-refractivity contribution in [3.63, 3.8) is 0 Å². The molecule has 1 aliphatic heterocycles. The number of anilines is 1. The Labute approximate surface area is 210 Å². The van der Waals surface area contributed by atoms with E-state index in [0.717, 1.165) is 37.1 Å². The van der Waals surface area contributed by atoms with Crippen molar-refractivity contribution in [1.29, 1.82) is 0 Å². The van der Waals surface area contributed by atoms with Gasteiger partial charge in [0, 0.05) is 43.8 Å². The molecule has 1 saturated heterocycles. The van der Waals surface area contributed by atoms with Gasteiger partial charge in [-0.05, 0) is 54.4 Å². The van der Waals surface area contributed by atoms with E-state index in [-0.39, 0.29) is 5.75 Å². The van der Waals surface area contributed by atoms with E-state index in [9.17, 15) is 9.90 Å². The molecular weight excluding hydrogens is 456 g/mol. The van der Waals surface area contributed by atoms with Crippen LogP contribution in [0, 0.1) is 6.92 Å². The van der Waals surface area contributed by atoms with Crippen LogP contribution in [0.2, 0.25) is 0 Å². The molecule has 1 aliphatic rings. The number of ether oxygens (including phenoxy) is 2. The molecule has 3 aromatic carbocycles. The number of hydrogen-bond acceptors (Lipinski definition) is 7. The van der Waals surface area contributed by atoms with Crippen LogP contribution in [-0.2, 0) is 6.54 Å². The summed E-state index contributed by atoms with van der Waals surface area (Å²) in [5, 5.41) is 11.5. The molecule has 2 heterocycles. The van der Waals surface area contributed by atoms with Crippen molar-refractivity contribution in [2.75, 3.05) is 45.3 Å². The van der Waals surface area contributed by atoms with Crippen LogP contribution in [0.15, 0.2) is 69.9 Å². The SMILES string of the molecule is COc1ccc(-c2c(C)c3ccc(O)c(CN4CCN(c5ccccc5)CC4)c3oc2=O)cc1OC. The first-order valence-electron chi connectivity index (χ1n) is 12.0. The van der Waals surface area contributed by atoms with E-state index in [1.165, 1.54) is 5.69 Å². The normalized spacial score (nSPS) is 14.2. The highest BCUT2D eigenvalue weighted by Gasteiger charge is 2.23. The maximum absolute atomic E-state index is 13.2. The maximum Gasteiger partial charge on any atom is 0.344 e. The second-order valence-corrected chi connectivity index (χ2v) is 9.00. The first-order chi connectivity index (χ1) is 17.5. The lowest BCUT2D eigenvalue weighted by atomic mass is 9.97. The predicted molar refractivity (Wildman–Crippen MR) is 141 cm³/mol. The monoisotopic (exact) mass is 486 g/mol. The average Bonchev–Trinajstić information content (AvgIpc) is 2.91. The van der Waals surface area contributed by atoms with Gasteiger partial charge in [-0.15, -0.1) is 0 Å². The molecule has 7 nitrogen and oxygen atoms in total. The first-order valence-corrected chi connectivity index (χ1v) is 12.0. The van der Waals surface area contributed by atoms with Crippen LogP contribution >= 0.6 is 0 Å². The molecule has 0 saturated carbocycles. The highest BCUT2D eigenvalue weighted by molar-refractivity contribution is 5.90. The number of para-hydroxylation sites is 1. The van der Waals surface area contributed by atoms with Crippen molar-refractivity contribution in [2.45, 2.75) is 13.5 Å². The summed E-state index contributed by atoms with van der Waals surface area (Å²) in [7, 11) is 3.13. The molecule has 1 N–H and O–H groups in total. The summed E-state index contributed by atoms with van der Waals surface area (Å²) in [4.78, 5) is 17.9. The molecule has 0 amide bonds. The second kappa shape index (κ2) is 9.95. The summed E-state index contributed by atoms with van der Waals surface area (Å²) in [6.45, 7) is 5.88. The number of benzene rings is 3. The zero-order chi connectivity index (χ0) is 25.2. The lowest BCUT2D eigenvalue weighted by Crippen LogP contribution is -2.46. The predicted octanol–water partition coefficient (Wildman–Crippen LogP) is 4.81. The van der Waals surface area contributed by atoms with Gasteiger partial charge in [0.1, 0.15) is 11.3 Å². The van der Waals surface area contributed by atoms with Gasteiger partial charge < -0.3 is 23.9 Å². The molecule has 0 bridgehead atoms. The lowest BCUT2D eigenvalue weighted by molar-refractivity contribution is 0.246. The van der Waals surface area contributed by atoms with E-state index in [0.29, 0.717) is 40.3 Å². The Balaban J connectivity index is 1.46. The summed E-state index contributed by atoms with van der Waals surface area (Å²) >= 11 is 0. The molecule has 0 spiro atoms. The summed E-state index contributed by atoms with van der Waals surface area (Å²) < 4.78 is 16.6. The number of piperazine rings is 1. The van der Waals surface area contributed by atoms with E-state index in [4.69, 9.17) is 13.9 Å². The molecule has 4 aromatic rings. The van der Waals surface area contributed by atoms with Crippen LogP contribution in [-0.4, -0.2) is 50.4 Å². The van der Waals surface area contributed by atoms with Crippen molar-refractivity contribution in [3.05, 3.63) is 82.2 Å². The fourth-order valence-electron chi connectivity index (χ4n) is 4.97. The minimum atomic E-state index is -0.451. The molecule has 186 valence electrons. The number of aryl methyl sites for hydroxylation is 1. The summed E-state index contributed by atoms with van der Waals surface area (Å²) in [5.41, 5.74) is 3.79. The number of methoxy groups -OCH3 is 2. The topological polar surface area (TPSA) is 75.4 Å². The third kappa shape index (κ3) is 4.38. The number of fused-ring (bicyclic) bond motifs is 1. The average molecular weight is 487 g/mol. The van der Waals surface area contributed by atoms with Crippen LogP contribution in [0.25, 0.3) is 22.1 Å². The van der Waals surface area contributed by atoms with Gasteiger partial charge in [0.2, 0.25) is 0 Å². The van der Waals surface area contributed by atoms with Gasteiger partial charge in [-0.25, -0.2) is 4.79 Å². The van der Waals surface area contributed by atoms with Crippen LogP contribution in [0.5, 0.6) is 17.2 Å². The number of phenols is 1.